The van der Waals surface area contributed by atoms with Crippen molar-refractivity contribution in [2.24, 2.45) is 0 Å². The van der Waals surface area contributed by atoms with E-state index in [1.807, 2.05) is 30.3 Å². The number of amides is 3. The molecule has 150 valence electrons. The van der Waals surface area contributed by atoms with Crippen molar-refractivity contribution >= 4 is 28.4 Å². The van der Waals surface area contributed by atoms with Gasteiger partial charge in [0.15, 0.2) is 16.5 Å². The number of urea groups is 1. The minimum Gasteiger partial charge on any atom is -0.337 e. The van der Waals surface area contributed by atoms with Crippen LogP contribution in [0.1, 0.15) is 53.1 Å². The van der Waals surface area contributed by atoms with Crippen LogP contribution in [0.2, 0.25) is 36.3 Å². The van der Waals surface area contributed by atoms with E-state index in [0.29, 0.717) is 0 Å². The lowest BCUT2D eigenvalue weighted by atomic mass is 10.1. The second kappa shape index (κ2) is 8.73. The van der Waals surface area contributed by atoms with Gasteiger partial charge in [0, 0.05) is 0 Å². The molecule has 1 heterocycles. The summed E-state index contributed by atoms with van der Waals surface area (Å²) in [6, 6.07) is 15.3. The first-order valence-electron chi connectivity index (χ1n) is 10.6. The molecule has 1 aromatic carbocycles. The van der Waals surface area contributed by atoms with Gasteiger partial charge in [-0.1, -0.05) is 71.9 Å². The molecule has 0 saturated carbocycles. The first-order chi connectivity index (χ1) is 12.9. The van der Waals surface area contributed by atoms with Gasteiger partial charge in [-0.25, -0.2) is 4.79 Å². The average Bonchev–Trinajstić information content (AvgIpc) is 2.98. The standard InChI is InChI=1S/C21H36N2O2Si2/c1-7-26(8-2,9-3)22-19(18-16-14-13-15-17-18)20(24)23(21(22)25)27(10-4,11-5)12-6/h13-17,19H,7-12H2,1-6H3. The Morgan fingerprint density at radius 3 is 1.59 bits per heavy atom. The summed E-state index contributed by atoms with van der Waals surface area (Å²) >= 11 is 0. The van der Waals surface area contributed by atoms with Gasteiger partial charge >= 0.3 is 6.03 Å². The number of benzene rings is 1. The Balaban J connectivity index is 2.68. The smallest absolute Gasteiger partial charge is 0.311 e. The highest BCUT2D eigenvalue weighted by Gasteiger charge is 2.58. The summed E-state index contributed by atoms with van der Waals surface area (Å²) in [4.78, 5) is 27.6. The quantitative estimate of drug-likeness (QED) is 0.374. The van der Waals surface area contributed by atoms with E-state index in [4.69, 9.17) is 0 Å². The third-order valence-electron chi connectivity index (χ3n) is 7.16. The Labute approximate surface area is 167 Å². The highest BCUT2D eigenvalue weighted by Crippen LogP contribution is 2.43. The van der Waals surface area contributed by atoms with Crippen molar-refractivity contribution in [2.75, 3.05) is 0 Å². The van der Waals surface area contributed by atoms with Crippen LogP contribution in [0.3, 0.4) is 0 Å². The van der Waals surface area contributed by atoms with Gasteiger partial charge in [0.1, 0.15) is 6.04 Å². The van der Waals surface area contributed by atoms with Crippen LogP contribution in [0.4, 0.5) is 4.79 Å². The predicted molar refractivity (Wildman–Crippen MR) is 118 cm³/mol. The van der Waals surface area contributed by atoms with Crippen LogP contribution in [0, 0.1) is 0 Å². The summed E-state index contributed by atoms with van der Waals surface area (Å²) < 4.78 is 3.88. The maximum atomic E-state index is 13.8. The van der Waals surface area contributed by atoms with E-state index in [0.717, 1.165) is 41.8 Å². The van der Waals surface area contributed by atoms with Gasteiger partial charge in [0.05, 0.1) is 0 Å². The normalized spacial score (nSPS) is 18.5. The molecule has 1 fully saturated rings. The second-order valence-corrected chi connectivity index (χ2v) is 17.8. The number of rotatable bonds is 9. The molecule has 0 aliphatic carbocycles. The molecule has 1 unspecified atom stereocenters. The van der Waals surface area contributed by atoms with Crippen molar-refractivity contribution in [1.29, 1.82) is 0 Å². The van der Waals surface area contributed by atoms with Crippen molar-refractivity contribution in [2.45, 2.75) is 83.8 Å². The minimum absolute atomic E-state index is 0.0169. The molecule has 1 aliphatic heterocycles. The molecule has 4 nitrogen and oxygen atoms in total. The highest BCUT2D eigenvalue weighted by molar-refractivity contribution is 6.84. The van der Waals surface area contributed by atoms with Crippen LogP contribution in [-0.2, 0) is 4.79 Å². The summed E-state index contributed by atoms with van der Waals surface area (Å²) in [6.07, 6.45) is 0. The Kier molecular flexibility index (Phi) is 7.08. The third kappa shape index (κ3) is 3.42. The van der Waals surface area contributed by atoms with E-state index in [1.54, 1.807) is 4.57 Å². The predicted octanol–water partition coefficient (Wildman–Crippen LogP) is 6.00. The first kappa shape index (κ1) is 21.9. The molecule has 0 N–H and O–H groups in total. The molecule has 1 aliphatic rings. The number of imide groups is 1. The van der Waals surface area contributed by atoms with Crippen molar-refractivity contribution in [3.63, 3.8) is 0 Å². The molecule has 1 saturated heterocycles. The van der Waals surface area contributed by atoms with Crippen LogP contribution in [0.5, 0.6) is 0 Å². The fourth-order valence-corrected chi connectivity index (χ4v) is 12.4. The molecule has 0 bridgehead atoms. The summed E-state index contributed by atoms with van der Waals surface area (Å²) in [5, 5.41) is 0. The summed E-state index contributed by atoms with van der Waals surface area (Å²) in [6.45, 7) is 13.1. The lowest BCUT2D eigenvalue weighted by molar-refractivity contribution is -0.125. The van der Waals surface area contributed by atoms with Crippen molar-refractivity contribution < 1.29 is 9.59 Å². The molecular formula is C21H36N2O2Si2. The van der Waals surface area contributed by atoms with Gasteiger partial charge in [-0.2, -0.15) is 0 Å². The number of carbonyl (C=O) groups excluding carboxylic acids is 2. The van der Waals surface area contributed by atoms with Crippen LogP contribution in [-0.4, -0.2) is 37.5 Å². The molecule has 0 spiro atoms. The van der Waals surface area contributed by atoms with Crippen molar-refractivity contribution in [3.05, 3.63) is 35.9 Å². The lowest BCUT2D eigenvalue weighted by Gasteiger charge is -2.41. The fraction of sp³-hybridized carbons (Fsp3) is 0.619. The number of carbonyl (C=O) groups is 2. The maximum absolute atomic E-state index is 13.8. The molecule has 0 radical (unpaired) electrons. The van der Waals surface area contributed by atoms with Crippen LogP contribution in [0.15, 0.2) is 30.3 Å². The number of hydrogen-bond donors (Lipinski definition) is 0. The van der Waals surface area contributed by atoms with Crippen molar-refractivity contribution in [3.8, 4) is 0 Å². The van der Waals surface area contributed by atoms with E-state index in [9.17, 15) is 9.59 Å². The second-order valence-electron chi connectivity index (χ2n) is 7.71. The zero-order valence-electron chi connectivity index (χ0n) is 17.9. The van der Waals surface area contributed by atoms with E-state index >= 15 is 0 Å². The van der Waals surface area contributed by atoms with Crippen LogP contribution >= 0.6 is 0 Å². The molecule has 27 heavy (non-hydrogen) atoms. The highest BCUT2D eigenvalue weighted by atomic mass is 28.3. The Morgan fingerprint density at radius 2 is 1.19 bits per heavy atom. The summed E-state index contributed by atoms with van der Waals surface area (Å²) in [5.74, 6) is 0.0376. The van der Waals surface area contributed by atoms with E-state index in [2.05, 4.69) is 46.1 Å². The topological polar surface area (TPSA) is 40.6 Å². The molecule has 1 atom stereocenters. The SMILES string of the molecule is CC[Si](CC)(CC)N1C(=O)C(c2ccccc2)N([Si](CC)(CC)CC)C1=O. The van der Waals surface area contributed by atoms with Crippen LogP contribution in [0.25, 0.3) is 0 Å². The van der Waals surface area contributed by atoms with Gasteiger partial charge in [-0.15, -0.1) is 0 Å². The van der Waals surface area contributed by atoms with Crippen molar-refractivity contribution in [1.82, 2.24) is 9.13 Å². The van der Waals surface area contributed by atoms with E-state index in [1.165, 1.54) is 0 Å². The molecule has 3 amide bonds. The van der Waals surface area contributed by atoms with Gasteiger partial charge in [0.25, 0.3) is 0 Å². The van der Waals surface area contributed by atoms with Gasteiger partial charge in [0.2, 0.25) is 5.91 Å². The number of hydrogen-bond acceptors (Lipinski definition) is 2. The zero-order chi connectivity index (χ0) is 20.2. The average molecular weight is 405 g/mol. The fourth-order valence-electron chi connectivity index (χ4n) is 4.87. The zero-order valence-corrected chi connectivity index (χ0v) is 19.9. The summed E-state index contributed by atoms with van der Waals surface area (Å²) in [7, 11) is -4.18. The van der Waals surface area contributed by atoms with Gasteiger partial charge in [-0.05, 0) is 41.8 Å². The van der Waals surface area contributed by atoms with Gasteiger partial charge < -0.3 is 4.57 Å². The molecular weight excluding hydrogens is 368 g/mol. The maximum Gasteiger partial charge on any atom is 0.311 e. The van der Waals surface area contributed by atoms with E-state index < -0.39 is 22.5 Å². The van der Waals surface area contributed by atoms with E-state index in [-0.39, 0.29) is 11.9 Å². The molecule has 0 aromatic heterocycles. The van der Waals surface area contributed by atoms with Crippen LogP contribution < -0.4 is 0 Å². The monoisotopic (exact) mass is 404 g/mol. The van der Waals surface area contributed by atoms with Gasteiger partial charge in [-0.3, -0.25) is 9.36 Å². The largest absolute Gasteiger partial charge is 0.337 e. The molecule has 6 heteroatoms. The Bertz CT molecular complexity index is 641. The first-order valence-corrected chi connectivity index (χ1v) is 15.8. The molecule has 1 aromatic rings. The molecule has 2 rings (SSSR count). The lowest BCUT2D eigenvalue weighted by Crippen LogP contribution is -2.59. The number of nitrogens with zero attached hydrogens (tertiary/aromatic N) is 2. The third-order valence-corrected chi connectivity index (χ3v) is 17.9. The minimum atomic E-state index is -2.13. The summed E-state index contributed by atoms with van der Waals surface area (Å²) in [5.41, 5.74) is 0.969. The Hall–Kier alpha value is -1.41. The Morgan fingerprint density at radius 1 is 0.741 bits per heavy atom.